The van der Waals surface area contributed by atoms with E-state index in [0.29, 0.717) is 0 Å². The fourth-order valence-corrected chi connectivity index (χ4v) is 3.57. The van der Waals surface area contributed by atoms with Gasteiger partial charge < -0.3 is 10.2 Å². The van der Waals surface area contributed by atoms with Crippen molar-refractivity contribution < 1.29 is 9.59 Å². The summed E-state index contributed by atoms with van der Waals surface area (Å²) in [4.78, 5) is 31.2. The molecule has 1 fully saturated rings. The molecule has 0 saturated carbocycles. The number of nitrogens with one attached hydrogen (secondary N) is 1. The van der Waals surface area contributed by atoms with E-state index in [2.05, 4.69) is 10.3 Å². The van der Waals surface area contributed by atoms with Crippen LogP contribution in [0.1, 0.15) is 51.6 Å². The molecule has 2 heterocycles. The predicted molar refractivity (Wildman–Crippen MR) is 82.8 cm³/mol. The van der Waals surface area contributed by atoms with Crippen LogP contribution in [0.5, 0.6) is 0 Å². The van der Waals surface area contributed by atoms with Gasteiger partial charge in [-0.25, -0.2) is 4.98 Å². The van der Waals surface area contributed by atoms with Gasteiger partial charge in [0.1, 0.15) is 17.1 Å². The van der Waals surface area contributed by atoms with Crippen LogP contribution in [0.4, 0.5) is 0 Å². The molecule has 0 aromatic carbocycles. The van der Waals surface area contributed by atoms with E-state index in [0.717, 1.165) is 17.8 Å². The van der Waals surface area contributed by atoms with Crippen LogP contribution >= 0.6 is 11.3 Å². The Morgan fingerprint density at radius 3 is 2.62 bits per heavy atom. The first kappa shape index (κ1) is 15.9. The maximum atomic E-state index is 12.9. The monoisotopic (exact) mass is 309 g/mol. The van der Waals surface area contributed by atoms with Crippen LogP contribution in [-0.2, 0) is 9.59 Å². The highest BCUT2D eigenvalue weighted by atomic mass is 32.1. The molecular formula is C15H23N3O2S. The average molecular weight is 309 g/mol. The quantitative estimate of drug-likeness (QED) is 0.908. The third kappa shape index (κ3) is 2.95. The van der Waals surface area contributed by atoms with Crippen molar-refractivity contribution in [2.45, 2.75) is 58.7 Å². The number of thiazole rings is 1. The van der Waals surface area contributed by atoms with Crippen LogP contribution < -0.4 is 5.32 Å². The maximum absolute atomic E-state index is 12.9. The Bertz CT molecular complexity index is 503. The summed E-state index contributed by atoms with van der Waals surface area (Å²) >= 11 is 1.53. The van der Waals surface area contributed by atoms with E-state index in [1.165, 1.54) is 11.3 Å². The topological polar surface area (TPSA) is 62.3 Å². The second kappa shape index (κ2) is 6.56. The van der Waals surface area contributed by atoms with E-state index >= 15 is 0 Å². The van der Waals surface area contributed by atoms with Gasteiger partial charge in [0.15, 0.2) is 0 Å². The molecule has 21 heavy (non-hydrogen) atoms. The van der Waals surface area contributed by atoms with Crippen molar-refractivity contribution in [1.29, 1.82) is 0 Å². The summed E-state index contributed by atoms with van der Waals surface area (Å²) in [5.74, 6) is 0.0682. The highest BCUT2D eigenvalue weighted by Crippen LogP contribution is 2.31. The number of carbonyl (C=O) groups is 2. The van der Waals surface area contributed by atoms with Crippen LogP contribution in [0.25, 0.3) is 0 Å². The fourth-order valence-electron chi connectivity index (χ4n) is 2.75. The number of hydrogen-bond donors (Lipinski definition) is 1. The SMILES string of the molecule is CCC(C)C1NC(=O)C(C)N(C(CC)c2nccs2)C1=O. The van der Waals surface area contributed by atoms with Crippen LogP contribution in [-0.4, -0.2) is 33.8 Å². The van der Waals surface area contributed by atoms with Crippen molar-refractivity contribution >= 4 is 23.2 Å². The Labute approximate surface area is 129 Å². The van der Waals surface area contributed by atoms with E-state index in [1.54, 1.807) is 18.0 Å². The Morgan fingerprint density at radius 2 is 2.10 bits per heavy atom. The second-order valence-corrected chi connectivity index (χ2v) is 6.51. The van der Waals surface area contributed by atoms with Gasteiger partial charge in [-0.1, -0.05) is 27.2 Å². The summed E-state index contributed by atoms with van der Waals surface area (Å²) in [6, 6.07) is -0.996. The van der Waals surface area contributed by atoms with Gasteiger partial charge in [0.25, 0.3) is 0 Å². The van der Waals surface area contributed by atoms with Crippen molar-refractivity contribution in [3.8, 4) is 0 Å². The Morgan fingerprint density at radius 1 is 1.38 bits per heavy atom. The van der Waals surface area contributed by atoms with Crippen molar-refractivity contribution in [3.05, 3.63) is 16.6 Å². The molecule has 4 atom stereocenters. The van der Waals surface area contributed by atoms with E-state index in [4.69, 9.17) is 0 Å². The number of rotatable bonds is 5. The lowest BCUT2D eigenvalue weighted by atomic mass is 9.93. The maximum Gasteiger partial charge on any atom is 0.246 e. The molecule has 1 aliphatic rings. The molecule has 5 nitrogen and oxygen atoms in total. The highest BCUT2D eigenvalue weighted by molar-refractivity contribution is 7.09. The van der Waals surface area contributed by atoms with Crippen LogP contribution in [0.15, 0.2) is 11.6 Å². The summed E-state index contributed by atoms with van der Waals surface area (Å²) in [7, 11) is 0. The first-order valence-electron chi connectivity index (χ1n) is 7.53. The minimum absolute atomic E-state index is 0.0125. The fraction of sp³-hybridized carbons (Fsp3) is 0.667. The lowest BCUT2D eigenvalue weighted by molar-refractivity contribution is -0.153. The van der Waals surface area contributed by atoms with Gasteiger partial charge in [-0.15, -0.1) is 11.3 Å². The second-order valence-electron chi connectivity index (χ2n) is 5.59. The van der Waals surface area contributed by atoms with Crippen LogP contribution in [0, 0.1) is 5.92 Å². The van der Waals surface area contributed by atoms with Gasteiger partial charge in [0, 0.05) is 11.6 Å². The molecule has 0 aliphatic carbocycles. The van der Waals surface area contributed by atoms with Crippen LogP contribution in [0.3, 0.4) is 0 Å². The van der Waals surface area contributed by atoms with E-state index < -0.39 is 12.1 Å². The largest absolute Gasteiger partial charge is 0.342 e. The zero-order valence-electron chi connectivity index (χ0n) is 13.0. The third-order valence-electron chi connectivity index (χ3n) is 4.29. The van der Waals surface area contributed by atoms with Crippen molar-refractivity contribution in [2.24, 2.45) is 5.92 Å². The summed E-state index contributed by atoms with van der Waals surface area (Å²) in [6.07, 6.45) is 3.35. The summed E-state index contributed by atoms with van der Waals surface area (Å²) in [5.41, 5.74) is 0. The van der Waals surface area contributed by atoms with E-state index in [-0.39, 0.29) is 23.8 Å². The summed E-state index contributed by atoms with van der Waals surface area (Å²) < 4.78 is 0. The van der Waals surface area contributed by atoms with Crippen molar-refractivity contribution in [3.63, 3.8) is 0 Å². The van der Waals surface area contributed by atoms with E-state index in [1.807, 2.05) is 26.2 Å². The third-order valence-corrected chi connectivity index (χ3v) is 5.16. The van der Waals surface area contributed by atoms with Gasteiger partial charge in [-0.3, -0.25) is 9.59 Å². The molecule has 6 heteroatoms. The summed E-state index contributed by atoms with van der Waals surface area (Å²) in [6.45, 7) is 7.85. The number of amides is 2. The molecule has 0 bridgehead atoms. The van der Waals surface area contributed by atoms with E-state index in [9.17, 15) is 9.59 Å². The Kier molecular flexibility index (Phi) is 4.98. The van der Waals surface area contributed by atoms with Crippen molar-refractivity contribution in [2.75, 3.05) is 0 Å². The molecule has 1 N–H and O–H groups in total. The number of piperazine rings is 1. The molecule has 2 amide bonds. The Hall–Kier alpha value is -1.43. The minimum Gasteiger partial charge on any atom is -0.342 e. The Balaban J connectivity index is 2.33. The normalized spacial score (nSPS) is 25.6. The minimum atomic E-state index is -0.452. The molecule has 116 valence electrons. The number of carbonyl (C=O) groups excluding carboxylic acids is 2. The number of hydrogen-bond acceptors (Lipinski definition) is 4. The zero-order valence-corrected chi connectivity index (χ0v) is 13.8. The highest BCUT2D eigenvalue weighted by Gasteiger charge is 2.43. The lowest BCUT2D eigenvalue weighted by Gasteiger charge is -2.42. The van der Waals surface area contributed by atoms with Gasteiger partial charge in [-0.2, -0.15) is 0 Å². The molecule has 2 rings (SSSR count). The average Bonchev–Trinajstić information content (AvgIpc) is 3.00. The zero-order chi connectivity index (χ0) is 15.6. The molecule has 1 aromatic heterocycles. The van der Waals surface area contributed by atoms with Gasteiger partial charge >= 0.3 is 0 Å². The molecule has 0 radical (unpaired) electrons. The summed E-state index contributed by atoms with van der Waals surface area (Å²) in [5, 5.41) is 5.68. The standard InChI is InChI=1S/C15H23N3O2S/c1-5-9(3)12-15(20)18(10(4)13(19)17-12)11(6-2)14-16-7-8-21-14/h7-12H,5-6H2,1-4H3,(H,17,19). The predicted octanol–water partition coefficient (Wildman–Crippen LogP) is 2.36. The van der Waals surface area contributed by atoms with Crippen LogP contribution in [0.2, 0.25) is 0 Å². The molecule has 1 saturated heterocycles. The first-order valence-corrected chi connectivity index (χ1v) is 8.41. The smallest absolute Gasteiger partial charge is 0.246 e. The molecule has 4 unspecified atom stereocenters. The van der Waals surface area contributed by atoms with Gasteiger partial charge in [-0.05, 0) is 19.3 Å². The molecular weight excluding hydrogens is 286 g/mol. The molecule has 1 aromatic rings. The number of nitrogens with zero attached hydrogens (tertiary/aromatic N) is 2. The van der Waals surface area contributed by atoms with Crippen molar-refractivity contribution in [1.82, 2.24) is 15.2 Å². The number of aromatic nitrogens is 1. The van der Waals surface area contributed by atoms with Gasteiger partial charge in [0.05, 0.1) is 6.04 Å². The van der Waals surface area contributed by atoms with Gasteiger partial charge in [0.2, 0.25) is 11.8 Å². The molecule has 1 aliphatic heterocycles. The lowest BCUT2D eigenvalue weighted by Crippen LogP contribution is -2.64. The molecule has 0 spiro atoms. The first-order chi connectivity index (χ1) is 10.0.